The molecule has 144 valence electrons. The summed E-state index contributed by atoms with van der Waals surface area (Å²) in [4.78, 5) is 28.3. The molecular weight excluding hydrogens is 377 g/mol. The summed E-state index contributed by atoms with van der Waals surface area (Å²) in [7, 11) is 3.02. The van der Waals surface area contributed by atoms with Crippen molar-refractivity contribution in [2.75, 3.05) is 14.1 Å². The number of likely N-dealkylation sites (N-methyl/N-ethyl adjacent to an activating group) is 2. The normalized spacial score (nSPS) is 21.1. The van der Waals surface area contributed by atoms with Crippen molar-refractivity contribution in [1.82, 2.24) is 9.80 Å². The molecule has 0 spiro atoms. The van der Waals surface area contributed by atoms with Crippen molar-refractivity contribution in [3.05, 3.63) is 57.8 Å². The fourth-order valence-electron chi connectivity index (χ4n) is 3.33. The summed E-state index contributed by atoms with van der Waals surface area (Å²) < 4.78 is 39.4. The highest BCUT2D eigenvalue weighted by molar-refractivity contribution is 7.08. The molecule has 0 radical (unpaired) electrons. The largest absolute Gasteiger partial charge is 0.417 e. The van der Waals surface area contributed by atoms with Crippen molar-refractivity contribution >= 4 is 23.2 Å². The third kappa shape index (κ3) is 3.85. The molecule has 3 rings (SSSR count). The van der Waals surface area contributed by atoms with E-state index in [1.54, 1.807) is 0 Å². The van der Waals surface area contributed by atoms with Gasteiger partial charge in [0, 0.05) is 32.3 Å². The number of hydrogen-bond donors (Lipinski definition) is 0. The van der Waals surface area contributed by atoms with Crippen LogP contribution in [0.2, 0.25) is 0 Å². The topological polar surface area (TPSA) is 40.6 Å². The zero-order valence-corrected chi connectivity index (χ0v) is 15.7. The first kappa shape index (κ1) is 19.4. The van der Waals surface area contributed by atoms with Crippen molar-refractivity contribution in [1.29, 1.82) is 0 Å². The third-order valence-corrected chi connectivity index (χ3v) is 5.73. The minimum absolute atomic E-state index is 0.0420. The van der Waals surface area contributed by atoms with E-state index in [0.717, 1.165) is 22.3 Å². The molecule has 0 saturated carbocycles. The lowest BCUT2D eigenvalue weighted by Gasteiger charge is -2.42. The summed E-state index contributed by atoms with van der Waals surface area (Å²) in [6, 6.07) is 7.72. The number of piperazine rings is 1. The molecule has 27 heavy (non-hydrogen) atoms. The van der Waals surface area contributed by atoms with Crippen LogP contribution in [0.1, 0.15) is 16.7 Å². The van der Waals surface area contributed by atoms with Crippen molar-refractivity contribution in [2.24, 2.45) is 0 Å². The van der Waals surface area contributed by atoms with Crippen LogP contribution in [-0.2, 0) is 28.6 Å². The summed E-state index contributed by atoms with van der Waals surface area (Å²) in [5, 5.41) is 2.43. The average molecular weight is 396 g/mol. The van der Waals surface area contributed by atoms with Crippen LogP contribution < -0.4 is 0 Å². The summed E-state index contributed by atoms with van der Waals surface area (Å²) in [5.74, 6) is -0.618. The predicted molar refractivity (Wildman–Crippen MR) is 96.3 cm³/mol. The highest BCUT2D eigenvalue weighted by atomic mass is 32.1. The maximum Gasteiger partial charge on any atom is 0.417 e. The monoisotopic (exact) mass is 396 g/mol. The molecule has 2 heterocycles. The van der Waals surface area contributed by atoms with E-state index in [4.69, 9.17) is 0 Å². The quantitative estimate of drug-likeness (QED) is 0.796. The van der Waals surface area contributed by atoms with Gasteiger partial charge in [-0.25, -0.2) is 0 Å². The second-order valence-corrected chi connectivity index (χ2v) is 7.38. The molecule has 0 N–H and O–H groups in total. The minimum Gasteiger partial charge on any atom is -0.332 e. The SMILES string of the molecule is CN1C(=O)C(Cc2cscc2C(F)(F)F)N(C)C(=O)C1Cc1ccccc1. The van der Waals surface area contributed by atoms with Gasteiger partial charge in [0.05, 0.1) is 5.56 Å². The molecule has 1 aliphatic rings. The number of benzene rings is 1. The second-order valence-electron chi connectivity index (χ2n) is 6.63. The lowest BCUT2D eigenvalue weighted by Crippen LogP contribution is -2.63. The average Bonchev–Trinajstić information content (AvgIpc) is 3.10. The Kier molecular flexibility index (Phi) is 5.28. The van der Waals surface area contributed by atoms with Crippen molar-refractivity contribution < 1.29 is 22.8 Å². The Labute approximate surface area is 159 Å². The first-order valence-electron chi connectivity index (χ1n) is 8.39. The van der Waals surface area contributed by atoms with Crippen molar-refractivity contribution in [3.63, 3.8) is 0 Å². The minimum atomic E-state index is -4.47. The molecule has 2 unspecified atom stereocenters. The van der Waals surface area contributed by atoms with Crippen LogP contribution in [0, 0.1) is 0 Å². The Balaban J connectivity index is 1.81. The molecule has 1 aromatic carbocycles. The highest BCUT2D eigenvalue weighted by Crippen LogP contribution is 2.35. The first-order valence-corrected chi connectivity index (χ1v) is 9.34. The van der Waals surface area contributed by atoms with Gasteiger partial charge in [0.15, 0.2) is 0 Å². The van der Waals surface area contributed by atoms with E-state index in [1.807, 2.05) is 30.3 Å². The van der Waals surface area contributed by atoms with E-state index in [-0.39, 0.29) is 23.8 Å². The van der Waals surface area contributed by atoms with Gasteiger partial charge in [-0.15, -0.1) is 0 Å². The number of nitrogens with zero attached hydrogens (tertiary/aromatic N) is 2. The van der Waals surface area contributed by atoms with E-state index in [0.29, 0.717) is 6.42 Å². The molecule has 1 fully saturated rings. The number of carbonyl (C=O) groups excluding carboxylic acids is 2. The number of halogens is 3. The summed E-state index contributed by atoms with van der Waals surface area (Å²) >= 11 is 0.940. The maximum absolute atomic E-state index is 13.1. The van der Waals surface area contributed by atoms with Crippen molar-refractivity contribution in [3.8, 4) is 0 Å². The summed E-state index contributed by atoms with van der Waals surface area (Å²) in [5.41, 5.74) is 0.218. The van der Waals surface area contributed by atoms with E-state index < -0.39 is 23.8 Å². The molecule has 8 heteroatoms. The number of thiophene rings is 1. The smallest absolute Gasteiger partial charge is 0.332 e. The Morgan fingerprint density at radius 3 is 2.04 bits per heavy atom. The molecular formula is C19H19F3N2O2S. The van der Waals surface area contributed by atoms with Gasteiger partial charge in [-0.2, -0.15) is 24.5 Å². The van der Waals surface area contributed by atoms with Gasteiger partial charge in [0.25, 0.3) is 0 Å². The molecule has 0 aliphatic carbocycles. The Morgan fingerprint density at radius 1 is 0.926 bits per heavy atom. The highest BCUT2D eigenvalue weighted by Gasteiger charge is 2.44. The zero-order valence-electron chi connectivity index (χ0n) is 14.9. The first-order chi connectivity index (χ1) is 12.7. The summed E-state index contributed by atoms with van der Waals surface area (Å²) in [6.45, 7) is 0. The van der Waals surface area contributed by atoms with E-state index in [2.05, 4.69) is 0 Å². The van der Waals surface area contributed by atoms with Crippen LogP contribution in [0.5, 0.6) is 0 Å². The van der Waals surface area contributed by atoms with Crippen LogP contribution in [0.4, 0.5) is 13.2 Å². The second kappa shape index (κ2) is 7.34. The molecule has 4 nitrogen and oxygen atoms in total. The van der Waals surface area contributed by atoms with Crippen LogP contribution in [0.25, 0.3) is 0 Å². The molecule has 1 saturated heterocycles. The fraction of sp³-hybridized carbons (Fsp3) is 0.368. The van der Waals surface area contributed by atoms with Gasteiger partial charge in [-0.3, -0.25) is 9.59 Å². The predicted octanol–water partition coefficient (Wildman–Crippen LogP) is 3.22. The molecule has 0 bridgehead atoms. The van der Waals surface area contributed by atoms with Gasteiger partial charge < -0.3 is 9.80 Å². The van der Waals surface area contributed by atoms with Crippen molar-refractivity contribution in [2.45, 2.75) is 31.1 Å². The van der Waals surface area contributed by atoms with E-state index in [1.165, 1.54) is 29.3 Å². The standard InChI is InChI=1S/C19H19F3N2O2S/c1-23-15(8-12-6-4-3-5-7-12)17(25)24(2)16(18(23)26)9-13-10-27-11-14(13)19(20,21)22/h3-7,10-11,15-16H,8-9H2,1-2H3. The Morgan fingerprint density at radius 2 is 1.48 bits per heavy atom. The Hall–Kier alpha value is -2.35. The van der Waals surface area contributed by atoms with Gasteiger partial charge in [-0.1, -0.05) is 30.3 Å². The van der Waals surface area contributed by atoms with Crippen LogP contribution >= 0.6 is 11.3 Å². The molecule has 2 amide bonds. The van der Waals surface area contributed by atoms with Gasteiger partial charge >= 0.3 is 6.18 Å². The van der Waals surface area contributed by atoms with Gasteiger partial charge in [-0.05, 0) is 16.5 Å². The van der Waals surface area contributed by atoms with E-state index >= 15 is 0 Å². The number of amides is 2. The molecule has 1 aromatic heterocycles. The number of carbonyl (C=O) groups is 2. The Bertz CT molecular complexity index is 835. The zero-order chi connectivity index (χ0) is 19.8. The van der Waals surface area contributed by atoms with Crippen LogP contribution in [0.15, 0.2) is 41.1 Å². The summed E-state index contributed by atoms with van der Waals surface area (Å²) in [6.07, 6.45) is -4.26. The number of hydrogen-bond acceptors (Lipinski definition) is 3. The third-order valence-electron chi connectivity index (χ3n) is 4.93. The number of alkyl halides is 3. The maximum atomic E-state index is 13.1. The van der Waals surface area contributed by atoms with Gasteiger partial charge in [0.1, 0.15) is 12.1 Å². The fourth-order valence-corrected chi connectivity index (χ4v) is 4.21. The number of rotatable bonds is 4. The molecule has 2 aromatic rings. The van der Waals surface area contributed by atoms with E-state index in [9.17, 15) is 22.8 Å². The van der Waals surface area contributed by atoms with Crippen LogP contribution in [-0.4, -0.2) is 47.8 Å². The lowest BCUT2D eigenvalue weighted by molar-refractivity contribution is -0.158. The lowest BCUT2D eigenvalue weighted by atomic mass is 9.95. The molecule has 1 aliphatic heterocycles. The van der Waals surface area contributed by atoms with Gasteiger partial charge in [0.2, 0.25) is 11.8 Å². The van der Waals surface area contributed by atoms with Crippen LogP contribution in [0.3, 0.4) is 0 Å². The molecule has 2 atom stereocenters.